The van der Waals surface area contributed by atoms with Crippen molar-refractivity contribution in [1.82, 2.24) is 15.0 Å². The van der Waals surface area contributed by atoms with E-state index in [0.29, 0.717) is 5.82 Å². The predicted molar refractivity (Wildman–Crippen MR) is 242 cm³/mol. The first-order chi connectivity index (χ1) is 29.7. The van der Waals surface area contributed by atoms with Crippen LogP contribution in [0.1, 0.15) is 22.3 Å². The van der Waals surface area contributed by atoms with Gasteiger partial charge in [-0.25, -0.2) is 9.97 Å². The van der Waals surface area contributed by atoms with E-state index in [2.05, 4.69) is 182 Å². The van der Waals surface area contributed by atoms with Gasteiger partial charge in [0.2, 0.25) is 0 Å². The molecule has 0 bridgehead atoms. The fourth-order valence-electron chi connectivity index (χ4n) is 9.50. The van der Waals surface area contributed by atoms with Crippen molar-refractivity contribution in [2.24, 2.45) is 0 Å². The predicted octanol–water partition coefficient (Wildman–Crippen LogP) is 13.8. The van der Waals surface area contributed by atoms with Gasteiger partial charge in [0.15, 0.2) is 5.82 Å². The lowest BCUT2D eigenvalue weighted by Crippen LogP contribution is -2.32. The largest absolute Gasteiger partial charge is 0.457 e. The Morgan fingerprint density at radius 1 is 0.367 bits per heavy atom. The van der Waals surface area contributed by atoms with Crippen molar-refractivity contribution in [3.63, 3.8) is 0 Å². The molecule has 2 aromatic heterocycles. The standard InChI is InChI=1S/C56H35N3O/c1-3-15-37(16-4-1)50-35-51(59-55(58-50)38-17-5-2-6-18-38)41-27-29-45-44-28-26-40(39-19-13-20-42(32-39)54-43-21-8-7-14-36(43)30-31-57-54)33-48(44)56(49(45)34-41)46-22-9-11-24-52(46)60-53-25-12-10-23-47(53)56/h1-35H. The van der Waals surface area contributed by atoms with Crippen LogP contribution < -0.4 is 4.74 Å². The van der Waals surface area contributed by atoms with Gasteiger partial charge in [0, 0.05) is 45.0 Å². The minimum Gasteiger partial charge on any atom is -0.457 e. The second-order valence-electron chi connectivity index (χ2n) is 15.5. The Morgan fingerprint density at radius 2 is 0.917 bits per heavy atom. The van der Waals surface area contributed by atoms with E-state index in [1.165, 1.54) is 27.6 Å². The average molecular weight is 766 g/mol. The highest BCUT2D eigenvalue weighted by Crippen LogP contribution is 2.62. The van der Waals surface area contributed by atoms with Crippen LogP contribution in [0.2, 0.25) is 0 Å². The Bertz CT molecular complexity index is 3190. The topological polar surface area (TPSA) is 47.9 Å². The van der Waals surface area contributed by atoms with E-state index in [1.54, 1.807) is 0 Å². The number of pyridine rings is 1. The van der Waals surface area contributed by atoms with Crippen molar-refractivity contribution in [2.45, 2.75) is 5.41 Å². The van der Waals surface area contributed by atoms with Gasteiger partial charge >= 0.3 is 0 Å². The number of ether oxygens (including phenoxy) is 1. The molecule has 4 heteroatoms. The van der Waals surface area contributed by atoms with Crippen LogP contribution in [-0.2, 0) is 5.41 Å². The van der Waals surface area contributed by atoms with Crippen LogP contribution in [0.25, 0.3) is 78.2 Å². The van der Waals surface area contributed by atoms with E-state index < -0.39 is 5.41 Å². The van der Waals surface area contributed by atoms with Gasteiger partial charge < -0.3 is 4.74 Å². The molecule has 1 spiro atoms. The quantitative estimate of drug-likeness (QED) is 0.175. The summed E-state index contributed by atoms with van der Waals surface area (Å²) in [6.45, 7) is 0. The maximum atomic E-state index is 6.73. The molecular weight excluding hydrogens is 731 g/mol. The molecule has 0 amide bonds. The normalized spacial score (nSPS) is 12.9. The van der Waals surface area contributed by atoms with Crippen LogP contribution in [0.5, 0.6) is 11.5 Å². The lowest BCUT2D eigenvalue weighted by molar-refractivity contribution is 0.436. The molecule has 4 nitrogen and oxygen atoms in total. The maximum Gasteiger partial charge on any atom is 0.160 e. The smallest absolute Gasteiger partial charge is 0.160 e. The molecular formula is C56H35N3O. The molecule has 60 heavy (non-hydrogen) atoms. The van der Waals surface area contributed by atoms with Gasteiger partial charge in [0.1, 0.15) is 11.5 Å². The van der Waals surface area contributed by atoms with E-state index in [0.717, 1.165) is 78.5 Å². The summed E-state index contributed by atoms with van der Waals surface area (Å²) in [7, 11) is 0. The summed E-state index contributed by atoms with van der Waals surface area (Å²) in [4.78, 5) is 15.2. The molecule has 0 saturated heterocycles. The summed E-state index contributed by atoms with van der Waals surface area (Å²) < 4.78 is 6.73. The SMILES string of the molecule is c1ccc(-c2cc(-c3ccc4c(c3)C3(c5ccccc5Oc5ccccc53)c3cc(-c5cccc(-c6nccc7ccccc67)c5)ccc3-4)nc(-c3ccccc3)n2)cc1. The third kappa shape index (κ3) is 5.28. The van der Waals surface area contributed by atoms with E-state index in [9.17, 15) is 0 Å². The minimum absolute atomic E-state index is 0.672. The molecule has 1 aliphatic carbocycles. The Hall–Kier alpha value is -7.95. The van der Waals surface area contributed by atoms with Gasteiger partial charge in [-0.15, -0.1) is 0 Å². The van der Waals surface area contributed by atoms with Gasteiger partial charge in [0.25, 0.3) is 0 Å². The molecule has 0 fully saturated rings. The monoisotopic (exact) mass is 765 g/mol. The molecule has 12 rings (SSSR count). The highest BCUT2D eigenvalue weighted by Gasteiger charge is 2.51. The minimum atomic E-state index is -0.672. The van der Waals surface area contributed by atoms with Crippen LogP contribution in [0, 0.1) is 0 Å². The first kappa shape index (κ1) is 34.1. The number of hydrogen-bond acceptors (Lipinski definition) is 4. The number of rotatable bonds is 5. The molecule has 1 aliphatic heterocycles. The molecule has 0 N–H and O–H groups in total. The number of para-hydroxylation sites is 2. The molecule has 3 heterocycles. The van der Waals surface area contributed by atoms with E-state index in [1.807, 2.05) is 30.5 Å². The number of nitrogens with zero attached hydrogens (tertiary/aromatic N) is 3. The highest BCUT2D eigenvalue weighted by molar-refractivity contribution is 5.96. The fraction of sp³-hybridized carbons (Fsp3) is 0.0179. The Morgan fingerprint density at radius 3 is 1.65 bits per heavy atom. The summed E-state index contributed by atoms with van der Waals surface area (Å²) in [5, 5.41) is 2.32. The Labute approximate surface area is 348 Å². The van der Waals surface area contributed by atoms with Crippen LogP contribution >= 0.6 is 0 Å². The van der Waals surface area contributed by atoms with Crippen molar-refractivity contribution in [3.05, 3.63) is 235 Å². The summed E-state index contributed by atoms with van der Waals surface area (Å²) in [5.74, 6) is 2.40. The molecule has 0 saturated carbocycles. The van der Waals surface area contributed by atoms with E-state index in [-0.39, 0.29) is 0 Å². The zero-order valence-corrected chi connectivity index (χ0v) is 32.5. The van der Waals surface area contributed by atoms with Crippen LogP contribution in [-0.4, -0.2) is 15.0 Å². The number of hydrogen-bond donors (Lipinski definition) is 0. The van der Waals surface area contributed by atoms with Crippen LogP contribution in [0.3, 0.4) is 0 Å². The molecule has 0 radical (unpaired) electrons. The summed E-state index contributed by atoms with van der Waals surface area (Å²) in [6, 6.07) is 73.0. The Balaban J connectivity index is 1.09. The summed E-state index contributed by atoms with van der Waals surface area (Å²) in [5.41, 5.74) is 15.5. The number of fused-ring (bicyclic) bond motifs is 10. The second kappa shape index (κ2) is 13.6. The lowest BCUT2D eigenvalue weighted by atomic mass is 9.65. The van der Waals surface area contributed by atoms with E-state index in [4.69, 9.17) is 19.7 Å². The van der Waals surface area contributed by atoms with E-state index >= 15 is 0 Å². The second-order valence-corrected chi connectivity index (χ2v) is 15.5. The van der Waals surface area contributed by atoms with Gasteiger partial charge in [-0.2, -0.15) is 0 Å². The lowest BCUT2D eigenvalue weighted by Gasteiger charge is -2.39. The molecule has 8 aromatic carbocycles. The van der Waals surface area contributed by atoms with Gasteiger partial charge in [-0.3, -0.25) is 4.98 Å². The first-order valence-corrected chi connectivity index (χ1v) is 20.3. The van der Waals surface area contributed by atoms with Crippen molar-refractivity contribution in [2.75, 3.05) is 0 Å². The molecule has 0 atom stereocenters. The maximum absolute atomic E-state index is 6.73. The number of benzene rings is 8. The van der Waals surface area contributed by atoms with Crippen molar-refractivity contribution in [3.8, 4) is 78.9 Å². The van der Waals surface area contributed by atoms with Crippen molar-refractivity contribution in [1.29, 1.82) is 0 Å². The average Bonchev–Trinajstić information content (AvgIpc) is 3.61. The fourth-order valence-corrected chi connectivity index (χ4v) is 9.50. The van der Waals surface area contributed by atoms with Crippen LogP contribution in [0.15, 0.2) is 212 Å². The molecule has 280 valence electrons. The van der Waals surface area contributed by atoms with Crippen molar-refractivity contribution >= 4 is 10.8 Å². The third-order valence-electron chi connectivity index (χ3n) is 12.2. The molecule has 0 unspecified atom stereocenters. The molecule has 2 aliphatic rings. The van der Waals surface area contributed by atoms with Crippen molar-refractivity contribution < 1.29 is 4.74 Å². The number of aromatic nitrogens is 3. The van der Waals surface area contributed by atoms with Gasteiger partial charge in [-0.05, 0) is 81.2 Å². The zero-order valence-electron chi connectivity index (χ0n) is 32.5. The third-order valence-corrected chi connectivity index (χ3v) is 12.2. The summed E-state index contributed by atoms with van der Waals surface area (Å²) in [6.07, 6.45) is 1.90. The highest BCUT2D eigenvalue weighted by atomic mass is 16.5. The zero-order chi connectivity index (χ0) is 39.6. The first-order valence-electron chi connectivity index (χ1n) is 20.3. The summed E-state index contributed by atoms with van der Waals surface area (Å²) >= 11 is 0. The van der Waals surface area contributed by atoms with Crippen LogP contribution in [0.4, 0.5) is 0 Å². The van der Waals surface area contributed by atoms with Gasteiger partial charge in [0.05, 0.1) is 22.5 Å². The Kier molecular flexibility index (Phi) is 7.72. The van der Waals surface area contributed by atoms with Gasteiger partial charge in [-0.1, -0.05) is 164 Å². The molecule has 10 aromatic rings.